The Morgan fingerprint density at radius 1 is 1.26 bits per heavy atom. The Morgan fingerprint density at radius 2 is 1.97 bits per heavy atom. The third-order valence-corrected chi connectivity index (χ3v) is 9.09. The monoisotopic (exact) mass is 677 g/mol. The van der Waals surface area contributed by atoms with E-state index >= 15 is 4.39 Å². The summed E-state index contributed by atoms with van der Waals surface area (Å²) in [7, 11) is 0. The van der Waals surface area contributed by atoms with Crippen molar-refractivity contribution in [3.05, 3.63) is 60.9 Å². The summed E-state index contributed by atoms with van der Waals surface area (Å²) in [6.45, 7) is 5.78. The quantitative estimate of drug-likeness (QED) is 0.280. The van der Waals surface area contributed by atoms with Gasteiger partial charge in [0.25, 0.3) is 0 Å². The Balaban J connectivity index is 1.94. The molecule has 38 heavy (non-hydrogen) atoms. The standard InChI is InChI=1S/C27H31Cl2FIN3O4/c1-26(2,3)11-20-27(15-9-18(31)17(29)10-19(15)33-25(27)38)21(14-5-4-6-16(28)22(14)30)23(34-20)24(37)32-12-13(36)7-8-35/h4-6,9-10,13,20-21,23,34-36H,7-8,11-12H2,1-3H3,(H,32,37)(H,33,38)/t13-,20-,21+,23-,27+/m1/s1. The van der Waals surface area contributed by atoms with Gasteiger partial charge in [-0.1, -0.05) is 56.1 Å². The fourth-order valence-corrected chi connectivity index (χ4v) is 6.56. The summed E-state index contributed by atoms with van der Waals surface area (Å²) in [5, 5.41) is 28.6. The second-order valence-electron chi connectivity index (χ2n) is 11.1. The van der Waals surface area contributed by atoms with E-state index in [0.717, 1.165) is 3.57 Å². The molecule has 4 rings (SSSR count). The molecule has 2 heterocycles. The smallest absolute Gasteiger partial charge is 0.237 e. The van der Waals surface area contributed by atoms with Gasteiger partial charge in [-0.2, -0.15) is 0 Å². The molecular formula is C27H31Cl2FIN3O4. The maximum absolute atomic E-state index is 15.7. The second-order valence-corrected chi connectivity index (χ2v) is 13.1. The Bertz CT molecular complexity index is 1260. The first-order valence-corrected chi connectivity index (χ1v) is 14.2. The molecule has 206 valence electrons. The zero-order valence-electron chi connectivity index (χ0n) is 21.2. The minimum absolute atomic E-state index is 0.0935. The molecule has 0 aromatic heterocycles. The Labute approximate surface area is 245 Å². The molecule has 0 unspecified atom stereocenters. The minimum atomic E-state index is -1.36. The van der Waals surface area contributed by atoms with Crippen LogP contribution in [0.4, 0.5) is 10.1 Å². The largest absolute Gasteiger partial charge is 0.396 e. The Kier molecular flexibility index (Phi) is 8.67. The predicted octanol–water partition coefficient (Wildman–Crippen LogP) is 4.35. The first kappa shape index (κ1) is 29.5. The van der Waals surface area contributed by atoms with Gasteiger partial charge in [0.1, 0.15) is 11.2 Å². The van der Waals surface area contributed by atoms with E-state index in [9.17, 15) is 14.7 Å². The molecule has 0 bridgehead atoms. The molecule has 1 spiro atoms. The number of nitrogens with one attached hydrogen (secondary N) is 3. The average Bonchev–Trinajstić information content (AvgIpc) is 3.29. The fraction of sp³-hybridized carbons (Fsp3) is 0.481. The van der Waals surface area contributed by atoms with E-state index in [1.54, 1.807) is 18.2 Å². The molecule has 0 aliphatic carbocycles. The van der Waals surface area contributed by atoms with Crippen LogP contribution in [0.15, 0.2) is 30.3 Å². The molecule has 7 nitrogen and oxygen atoms in total. The first-order valence-electron chi connectivity index (χ1n) is 12.4. The van der Waals surface area contributed by atoms with Gasteiger partial charge >= 0.3 is 0 Å². The Hall–Kier alpha value is -1.50. The molecule has 2 aliphatic rings. The molecule has 1 saturated heterocycles. The van der Waals surface area contributed by atoms with Crippen molar-refractivity contribution in [2.24, 2.45) is 5.41 Å². The normalized spacial score (nSPS) is 25.4. The molecule has 1 fully saturated rings. The van der Waals surface area contributed by atoms with E-state index in [1.807, 2.05) is 26.8 Å². The molecule has 11 heteroatoms. The predicted molar refractivity (Wildman–Crippen MR) is 154 cm³/mol. The number of amides is 2. The van der Waals surface area contributed by atoms with Gasteiger partial charge in [-0.3, -0.25) is 9.59 Å². The van der Waals surface area contributed by atoms with E-state index in [2.05, 4.69) is 38.5 Å². The number of rotatable bonds is 7. The van der Waals surface area contributed by atoms with Gasteiger partial charge < -0.3 is 26.2 Å². The third kappa shape index (κ3) is 5.30. The van der Waals surface area contributed by atoms with Crippen LogP contribution in [0.3, 0.4) is 0 Å². The molecule has 0 saturated carbocycles. The van der Waals surface area contributed by atoms with E-state index in [-0.39, 0.29) is 41.5 Å². The molecule has 5 atom stereocenters. The zero-order valence-corrected chi connectivity index (χ0v) is 24.9. The van der Waals surface area contributed by atoms with Crippen molar-refractivity contribution >= 4 is 63.3 Å². The van der Waals surface area contributed by atoms with Crippen molar-refractivity contribution in [2.75, 3.05) is 18.5 Å². The summed E-state index contributed by atoms with van der Waals surface area (Å²) in [5.41, 5.74) is -0.311. The van der Waals surface area contributed by atoms with Crippen molar-refractivity contribution in [1.82, 2.24) is 10.6 Å². The molecule has 2 aromatic rings. The third-order valence-electron chi connectivity index (χ3n) is 7.27. The van der Waals surface area contributed by atoms with Gasteiger partial charge in [-0.15, -0.1) is 0 Å². The van der Waals surface area contributed by atoms with Crippen LogP contribution in [0.2, 0.25) is 10.0 Å². The van der Waals surface area contributed by atoms with Gasteiger partial charge in [-0.05, 0) is 70.2 Å². The molecular weight excluding hydrogens is 647 g/mol. The number of hydrogen-bond donors (Lipinski definition) is 5. The summed E-state index contributed by atoms with van der Waals surface area (Å²) in [6, 6.07) is 6.52. The summed E-state index contributed by atoms with van der Waals surface area (Å²) in [6.07, 6.45) is -0.365. The SMILES string of the molecule is CC(C)(C)C[C@H]1N[C@@H](C(=O)NC[C@H](O)CCO)[C@H](c2cccc(Cl)c2F)[C@@]12C(=O)Nc1cc(Cl)c(I)cc12. The summed E-state index contributed by atoms with van der Waals surface area (Å²) in [5.74, 6) is -2.51. The summed E-state index contributed by atoms with van der Waals surface area (Å²) < 4.78 is 16.5. The minimum Gasteiger partial charge on any atom is -0.396 e. The zero-order chi connectivity index (χ0) is 28.0. The van der Waals surface area contributed by atoms with Crippen molar-refractivity contribution in [3.8, 4) is 0 Å². The van der Waals surface area contributed by atoms with Crippen LogP contribution in [0.1, 0.15) is 50.7 Å². The van der Waals surface area contributed by atoms with E-state index in [0.29, 0.717) is 22.7 Å². The highest BCUT2D eigenvalue weighted by Gasteiger charge is 2.66. The van der Waals surface area contributed by atoms with Crippen molar-refractivity contribution in [1.29, 1.82) is 0 Å². The lowest BCUT2D eigenvalue weighted by Gasteiger charge is -2.38. The topological polar surface area (TPSA) is 111 Å². The van der Waals surface area contributed by atoms with Crippen LogP contribution >= 0.6 is 45.8 Å². The second kappa shape index (κ2) is 11.2. The molecule has 0 radical (unpaired) electrons. The summed E-state index contributed by atoms with van der Waals surface area (Å²) in [4.78, 5) is 27.8. The van der Waals surface area contributed by atoms with Gasteiger partial charge in [0.05, 0.1) is 22.2 Å². The lowest BCUT2D eigenvalue weighted by atomic mass is 9.62. The van der Waals surface area contributed by atoms with Gasteiger partial charge in [-0.25, -0.2) is 4.39 Å². The average molecular weight is 678 g/mol. The first-order chi connectivity index (χ1) is 17.8. The van der Waals surface area contributed by atoms with Gasteiger partial charge in [0, 0.05) is 34.4 Å². The molecule has 2 aliphatic heterocycles. The fourth-order valence-electron chi connectivity index (χ4n) is 5.74. The van der Waals surface area contributed by atoms with Crippen LogP contribution in [0.25, 0.3) is 0 Å². The number of carbonyl (C=O) groups excluding carboxylic acids is 2. The molecule has 5 N–H and O–H groups in total. The highest BCUT2D eigenvalue weighted by Crippen LogP contribution is 2.57. The van der Waals surface area contributed by atoms with Gasteiger partial charge in [0.15, 0.2) is 0 Å². The number of aliphatic hydroxyl groups is 2. The maximum Gasteiger partial charge on any atom is 0.237 e. The van der Waals surface area contributed by atoms with Crippen LogP contribution < -0.4 is 16.0 Å². The number of carbonyl (C=O) groups is 2. The van der Waals surface area contributed by atoms with Gasteiger partial charge in [0.2, 0.25) is 11.8 Å². The van der Waals surface area contributed by atoms with Crippen LogP contribution in [0.5, 0.6) is 0 Å². The Morgan fingerprint density at radius 3 is 2.63 bits per heavy atom. The van der Waals surface area contributed by atoms with Crippen LogP contribution in [-0.2, 0) is 15.0 Å². The number of fused-ring (bicyclic) bond motifs is 2. The van der Waals surface area contributed by atoms with E-state index in [1.165, 1.54) is 6.07 Å². The van der Waals surface area contributed by atoms with Crippen LogP contribution in [-0.4, -0.2) is 53.4 Å². The number of aliphatic hydroxyl groups excluding tert-OH is 2. The van der Waals surface area contributed by atoms with Crippen LogP contribution in [0, 0.1) is 14.8 Å². The summed E-state index contributed by atoms with van der Waals surface area (Å²) >= 11 is 14.7. The highest BCUT2D eigenvalue weighted by atomic mass is 127. The lowest BCUT2D eigenvalue weighted by molar-refractivity contribution is -0.124. The highest BCUT2D eigenvalue weighted by molar-refractivity contribution is 14.1. The lowest BCUT2D eigenvalue weighted by Crippen LogP contribution is -2.49. The molecule has 2 amide bonds. The molecule has 2 aromatic carbocycles. The van der Waals surface area contributed by atoms with Crippen molar-refractivity contribution in [2.45, 2.75) is 63.1 Å². The number of anilines is 1. The number of benzene rings is 2. The number of halogens is 4. The van der Waals surface area contributed by atoms with E-state index < -0.39 is 41.2 Å². The van der Waals surface area contributed by atoms with Crippen molar-refractivity contribution < 1.29 is 24.2 Å². The van der Waals surface area contributed by atoms with Crippen molar-refractivity contribution in [3.63, 3.8) is 0 Å². The van der Waals surface area contributed by atoms with E-state index in [4.69, 9.17) is 28.3 Å². The maximum atomic E-state index is 15.7. The number of hydrogen-bond acceptors (Lipinski definition) is 5.